The van der Waals surface area contributed by atoms with Gasteiger partial charge in [0, 0.05) is 42.8 Å². The molecule has 0 saturated heterocycles. The lowest BCUT2D eigenvalue weighted by Gasteiger charge is -2.23. The van der Waals surface area contributed by atoms with Gasteiger partial charge in [-0.25, -0.2) is 0 Å². The van der Waals surface area contributed by atoms with Gasteiger partial charge in [0.1, 0.15) is 27.9 Å². The second kappa shape index (κ2) is 9.66. The first-order valence-corrected chi connectivity index (χ1v) is 17.4. The molecule has 1 atom stereocenters. The lowest BCUT2D eigenvalue weighted by atomic mass is 9.83. The summed E-state index contributed by atoms with van der Waals surface area (Å²) in [5, 5.41) is 2.22. The van der Waals surface area contributed by atoms with Gasteiger partial charge in [0.2, 0.25) is 11.4 Å². The number of rotatable bonds is 2. The van der Waals surface area contributed by atoms with E-state index in [0.29, 0.717) is 5.56 Å². The Kier molecular flexibility index (Phi) is 5.26. The molecule has 3 nitrogen and oxygen atoms in total. The van der Waals surface area contributed by atoms with Crippen LogP contribution in [0.4, 0.5) is 0 Å². The Morgan fingerprint density at radius 1 is 0.735 bits per heavy atom. The third kappa shape index (κ3) is 3.73. The summed E-state index contributed by atoms with van der Waals surface area (Å²) in [7, 11) is 0. The first-order valence-electron chi connectivity index (χ1n) is 18.4. The van der Waals surface area contributed by atoms with Gasteiger partial charge in [-0.3, -0.25) is 0 Å². The zero-order valence-corrected chi connectivity index (χ0v) is 28.9. The molecule has 49 heavy (non-hydrogen) atoms. The van der Waals surface area contributed by atoms with Crippen molar-refractivity contribution in [2.24, 2.45) is 5.41 Å². The zero-order valence-electron chi connectivity index (χ0n) is 30.9. The maximum Gasteiger partial charge on any atom is 0.417 e. The van der Waals surface area contributed by atoms with Crippen LogP contribution in [0.5, 0.6) is 0 Å². The SMILES string of the molecule is [2H]C([2H])(c1c[n+]2c(cc1-c1c(C)cccc1C)-c1c(ccc3c1oc1c4c(ccc13)CC(C)=C4)C21c2ccccc2-c2cccc[n+]21)C(C)(C)C. The number of hydrogen-bond acceptors (Lipinski definition) is 1. The Labute approximate surface area is 290 Å². The molecular weight excluding hydrogens is 597 g/mol. The molecular formula is C46H40N2O+2. The molecule has 0 amide bonds. The number of pyridine rings is 2. The van der Waals surface area contributed by atoms with Gasteiger partial charge < -0.3 is 4.42 Å². The summed E-state index contributed by atoms with van der Waals surface area (Å²) < 4.78 is 31.6. The Hall–Kier alpha value is -5.28. The summed E-state index contributed by atoms with van der Waals surface area (Å²) in [4.78, 5) is 0. The summed E-state index contributed by atoms with van der Waals surface area (Å²) in [6.07, 6.45) is 5.89. The Morgan fingerprint density at radius 2 is 1.49 bits per heavy atom. The van der Waals surface area contributed by atoms with Crippen LogP contribution in [0.1, 0.15) is 69.4 Å². The van der Waals surface area contributed by atoms with Crippen LogP contribution < -0.4 is 9.13 Å². The van der Waals surface area contributed by atoms with Crippen LogP contribution in [-0.4, -0.2) is 0 Å². The normalized spacial score (nSPS) is 17.9. The fourth-order valence-corrected chi connectivity index (χ4v) is 9.12. The van der Waals surface area contributed by atoms with E-state index in [1.54, 1.807) is 0 Å². The van der Waals surface area contributed by atoms with Crippen LogP contribution in [0.15, 0.2) is 113 Å². The molecule has 4 aromatic carbocycles. The van der Waals surface area contributed by atoms with Gasteiger partial charge in [-0.1, -0.05) is 74.9 Å². The maximum atomic E-state index is 9.84. The highest BCUT2D eigenvalue weighted by Gasteiger charge is 2.67. The van der Waals surface area contributed by atoms with Gasteiger partial charge >= 0.3 is 5.66 Å². The molecule has 3 aliphatic rings. The van der Waals surface area contributed by atoms with Crippen molar-refractivity contribution in [3.63, 3.8) is 0 Å². The highest BCUT2D eigenvalue weighted by Crippen LogP contribution is 2.52. The topological polar surface area (TPSA) is 20.9 Å². The summed E-state index contributed by atoms with van der Waals surface area (Å²) in [5.74, 6) is 0. The number of fused-ring (bicyclic) bond motifs is 16. The van der Waals surface area contributed by atoms with E-state index in [1.807, 2.05) is 20.8 Å². The molecule has 0 N–H and O–H groups in total. The van der Waals surface area contributed by atoms with E-state index in [9.17, 15) is 2.74 Å². The third-order valence-electron chi connectivity index (χ3n) is 10.9. The molecule has 5 heterocycles. The number of furan rings is 1. The van der Waals surface area contributed by atoms with Crippen molar-refractivity contribution >= 4 is 28.0 Å². The molecule has 1 aliphatic carbocycles. The predicted molar refractivity (Wildman–Crippen MR) is 198 cm³/mol. The number of aryl methyl sites for hydroxylation is 2. The molecule has 0 radical (unpaired) electrons. The molecule has 2 aliphatic heterocycles. The van der Waals surface area contributed by atoms with Gasteiger partial charge in [-0.05, 0) is 97.1 Å². The van der Waals surface area contributed by atoms with Crippen molar-refractivity contribution in [1.29, 1.82) is 0 Å². The summed E-state index contributed by atoms with van der Waals surface area (Å²) in [6, 6.07) is 32.8. The van der Waals surface area contributed by atoms with E-state index < -0.39 is 17.5 Å². The Morgan fingerprint density at radius 3 is 2.31 bits per heavy atom. The predicted octanol–water partition coefficient (Wildman–Crippen LogP) is 10.3. The molecule has 0 fully saturated rings. The van der Waals surface area contributed by atoms with E-state index >= 15 is 0 Å². The number of benzene rings is 4. The van der Waals surface area contributed by atoms with E-state index in [4.69, 9.17) is 4.42 Å². The highest BCUT2D eigenvalue weighted by molar-refractivity contribution is 6.12. The summed E-state index contributed by atoms with van der Waals surface area (Å²) >= 11 is 0. The van der Waals surface area contributed by atoms with E-state index in [2.05, 4.69) is 139 Å². The molecule has 3 aromatic heterocycles. The van der Waals surface area contributed by atoms with E-state index in [-0.39, 0.29) is 0 Å². The minimum absolute atomic E-state index is 0.678. The molecule has 10 rings (SSSR count). The molecule has 1 unspecified atom stereocenters. The number of hydrogen-bond donors (Lipinski definition) is 0. The standard InChI is InChI=1S/C46H40N2O/c1-27-22-30-17-18-32-33-19-20-38-42(44(33)49-43(32)36(30)23-27)40-24-35(41-28(2)12-11-13-29(41)3)31(25-45(4,5)6)26-48(40)46(38)37-15-8-7-14-34(37)39-16-9-10-21-47(39)46/h7-21,23-24,26H,22,25H2,1-6H3/q+2/i25D2. The summed E-state index contributed by atoms with van der Waals surface area (Å²) in [6.45, 7) is 12.5. The van der Waals surface area contributed by atoms with Crippen molar-refractivity contribution < 1.29 is 16.3 Å². The van der Waals surface area contributed by atoms with Crippen molar-refractivity contribution in [2.75, 3.05) is 0 Å². The molecule has 0 saturated carbocycles. The number of aromatic nitrogens is 2. The first-order chi connectivity index (χ1) is 24.4. The van der Waals surface area contributed by atoms with Crippen LogP contribution in [-0.2, 0) is 18.5 Å². The molecule has 238 valence electrons. The van der Waals surface area contributed by atoms with Gasteiger partial charge in [0.05, 0.1) is 5.56 Å². The van der Waals surface area contributed by atoms with Crippen LogP contribution in [0.2, 0.25) is 0 Å². The Balaban J connectivity index is 1.43. The maximum absolute atomic E-state index is 9.84. The Bertz CT molecular complexity index is 2660. The minimum atomic E-state index is -1.67. The largest absolute Gasteiger partial charge is 0.454 e. The number of allylic oxidation sites excluding steroid dienone is 1. The van der Waals surface area contributed by atoms with Crippen molar-refractivity contribution in [1.82, 2.24) is 0 Å². The lowest BCUT2D eigenvalue weighted by molar-refractivity contribution is -0.955. The third-order valence-corrected chi connectivity index (χ3v) is 10.9. The van der Waals surface area contributed by atoms with Gasteiger partial charge in [-0.15, -0.1) is 9.13 Å². The fourth-order valence-electron chi connectivity index (χ4n) is 9.12. The monoisotopic (exact) mass is 638 g/mol. The second-order valence-electron chi connectivity index (χ2n) is 15.3. The zero-order chi connectivity index (χ0) is 35.2. The average molecular weight is 639 g/mol. The smallest absolute Gasteiger partial charge is 0.417 e. The first kappa shape index (κ1) is 26.6. The summed E-state index contributed by atoms with van der Waals surface area (Å²) in [5.41, 5.74) is 15.8. The molecule has 3 heteroatoms. The van der Waals surface area contributed by atoms with Crippen LogP contribution in [0, 0.1) is 19.3 Å². The van der Waals surface area contributed by atoms with E-state index in [0.717, 1.165) is 73.1 Å². The van der Waals surface area contributed by atoms with Crippen molar-refractivity contribution in [2.45, 2.75) is 60.0 Å². The van der Waals surface area contributed by atoms with Crippen LogP contribution >= 0.6 is 0 Å². The van der Waals surface area contributed by atoms with Crippen LogP contribution in [0.3, 0.4) is 0 Å². The number of nitrogens with zero attached hydrogens (tertiary/aromatic N) is 2. The van der Waals surface area contributed by atoms with Crippen LogP contribution in [0.25, 0.3) is 61.7 Å². The lowest BCUT2D eigenvalue weighted by Crippen LogP contribution is -2.71. The minimum Gasteiger partial charge on any atom is -0.454 e. The molecule has 1 spiro atoms. The second-order valence-corrected chi connectivity index (χ2v) is 15.3. The fraction of sp³-hybridized carbons (Fsp3) is 0.217. The van der Waals surface area contributed by atoms with Crippen molar-refractivity contribution in [3.8, 4) is 33.6 Å². The van der Waals surface area contributed by atoms with Gasteiger partial charge in [0.25, 0.3) is 0 Å². The highest BCUT2D eigenvalue weighted by atomic mass is 16.3. The van der Waals surface area contributed by atoms with E-state index in [1.165, 1.54) is 27.8 Å². The molecule has 7 aromatic rings. The molecule has 0 bridgehead atoms. The van der Waals surface area contributed by atoms with Gasteiger partial charge in [0.15, 0.2) is 12.4 Å². The average Bonchev–Trinajstić information content (AvgIpc) is 3.83. The van der Waals surface area contributed by atoms with Crippen molar-refractivity contribution in [3.05, 3.63) is 148 Å². The van der Waals surface area contributed by atoms with Gasteiger partial charge in [-0.2, -0.15) is 0 Å². The quantitative estimate of drug-likeness (QED) is 0.173.